The molecule has 0 atom stereocenters. The first kappa shape index (κ1) is 21.5. The zero-order chi connectivity index (χ0) is 21.9. The normalized spacial score (nSPS) is 11.6. The number of carbonyl (C=O) groups is 2. The summed E-state index contributed by atoms with van der Waals surface area (Å²) in [5.74, 6) is -1.08. The van der Waals surface area contributed by atoms with Gasteiger partial charge in [-0.05, 0) is 36.2 Å². The Hall–Kier alpha value is -3.17. The second-order valence-electron chi connectivity index (χ2n) is 7.01. The van der Waals surface area contributed by atoms with Gasteiger partial charge in [0.2, 0.25) is 10.0 Å². The number of anilines is 1. The number of amides is 1. The molecule has 0 aliphatic carbocycles. The van der Waals surface area contributed by atoms with E-state index in [0.717, 1.165) is 20.8 Å². The van der Waals surface area contributed by atoms with Gasteiger partial charge in [0.25, 0.3) is 5.91 Å². The number of rotatable bonds is 7. The van der Waals surface area contributed by atoms with Crippen molar-refractivity contribution in [1.29, 1.82) is 0 Å². The van der Waals surface area contributed by atoms with Gasteiger partial charge in [-0.1, -0.05) is 24.3 Å². The fourth-order valence-corrected chi connectivity index (χ4v) is 3.85. The molecule has 158 valence electrons. The Bertz CT molecular complexity index is 1200. The van der Waals surface area contributed by atoms with Crippen molar-refractivity contribution in [3.05, 3.63) is 59.8 Å². The van der Waals surface area contributed by atoms with Crippen molar-refractivity contribution in [2.24, 2.45) is 0 Å². The lowest BCUT2D eigenvalue weighted by Gasteiger charge is -2.14. The van der Waals surface area contributed by atoms with Gasteiger partial charge in [-0.15, -0.1) is 0 Å². The third kappa shape index (κ3) is 4.69. The van der Waals surface area contributed by atoms with Crippen LogP contribution in [-0.4, -0.2) is 50.3 Å². The van der Waals surface area contributed by atoms with E-state index in [1.807, 2.05) is 24.3 Å². The van der Waals surface area contributed by atoms with Crippen LogP contribution < -0.4 is 5.32 Å². The molecule has 9 heteroatoms. The molecule has 3 aromatic rings. The maximum atomic E-state index is 12.3. The van der Waals surface area contributed by atoms with Gasteiger partial charge in [0.05, 0.1) is 11.3 Å². The van der Waals surface area contributed by atoms with Crippen LogP contribution in [0.4, 0.5) is 5.69 Å². The summed E-state index contributed by atoms with van der Waals surface area (Å²) in [6.45, 7) is 1.27. The first-order valence-corrected chi connectivity index (χ1v) is 10.7. The van der Waals surface area contributed by atoms with Crippen molar-refractivity contribution in [2.45, 2.75) is 18.2 Å². The SMILES string of the molecule is Cc1ccc(S(=O)(=O)N(C)C)cc1NC(=O)COC(=O)Cc1c[nH]c2ccccc12. The number of aromatic amines is 1. The molecule has 1 heterocycles. The maximum Gasteiger partial charge on any atom is 0.310 e. The Morgan fingerprint density at radius 1 is 1.13 bits per heavy atom. The fourth-order valence-electron chi connectivity index (χ4n) is 2.92. The molecule has 0 bridgehead atoms. The summed E-state index contributed by atoms with van der Waals surface area (Å²) >= 11 is 0. The Morgan fingerprint density at radius 2 is 1.87 bits per heavy atom. The molecule has 1 amide bonds. The van der Waals surface area contributed by atoms with Crippen molar-refractivity contribution >= 4 is 38.5 Å². The number of benzene rings is 2. The largest absolute Gasteiger partial charge is 0.455 e. The highest BCUT2D eigenvalue weighted by atomic mass is 32.2. The van der Waals surface area contributed by atoms with Crippen LogP contribution in [0.3, 0.4) is 0 Å². The molecule has 3 rings (SSSR count). The smallest absolute Gasteiger partial charge is 0.310 e. The van der Waals surface area contributed by atoms with Gasteiger partial charge < -0.3 is 15.0 Å². The number of aryl methyl sites for hydroxylation is 1. The van der Waals surface area contributed by atoms with Crippen LogP contribution in [0.2, 0.25) is 0 Å². The lowest BCUT2D eigenvalue weighted by Crippen LogP contribution is -2.24. The van der Waals surface area contributed by atoms with E-state index in [1.54, 1.807) is 19.2 Å². The third-order valence-corrected chi connectivity index (χ3v) is 6.45. The highest BCUT2D eigenvalue weighted by molar-refractivity contribution is 7.89. The number of hydrogen-bond donors (Lipinski definition) is 2. The van der Waals surface area contributed by atoms with Crippen LogP contribution in [-0.2, 0) is 30.8 Å². The maximum absolute atomic E-state index is 12.3. The van der Waals surface area contributed by atoms with Gasteiger partial charge in [0, 0.05) is 36.9 Å². The molecular formula is C21H23N3O5S. The van der Waals surface area contributed by atoms with Crippen molar-refractivity contribution in [3.63, 3.8) is 0 Å². The minimum Gasteiger partial charge on any atom is -0.455 e. The van der Waals surface area contributed by atoms with Crippen LogP contribution in [0.25, 0.3) is 10.9 Å². The number of aromatic nitrogens is 1. The second-order valence-corrected chi connectivity index (χ2v) is 9.16. The molecule has 0 saturated heterocycles. The van der Waals surface area contributed by atoms with Gasteiger partial charge in [-0.25, -0.2) is 12.7 Å². The predicted molar refractivity (Wildman–Crippen MR) is 114 cm³/mol. The van der Waals surface area contributed by atoms with Crippen molar-refractivity contribution < 1.29 is 22.7 Å². The molecule has 0 radical (unpaired) electrons. The van der Waals surface area contributed by atoms with E-state index in [0.29, 0.717) is 11.3 Å². The highest BCUT2D eigenvalue weighted by Crippen LogP contribution is 2.22. The van der Waals surface area contributed by atoms with E-state index in [2.05, 4.69) is 10.3 Å². The number of esters is 1. The summed E-state index contributed by atoms with van der Waals surface area (Å²) in [7, 11) is -0.769. The molecule has 0 aliphatic heterocycles. The highest BCUT2D eigenvalue weighted by Gasteiger charge is 2.19. The molecule has 0 unspecified atom stereocenters. The average Bonchev–Trinajstić information content (AvgIpc) is 3.11. The number of nitrogens with one attached hydrogen (secondary N) is 2. The van der Waals surface area contributed by atoms with E-state index in [1.165, 1.54) is 26.2 Å². The summed E-state index contributed by atoms with van der Waals surface area (Å²) in [6, 6.07) is 12.0. The quantitative estimate of drug-likeness (QED) is 0.561. The number of H-pyrrole nitrogens is 1. The first-order valence-electron chi connectivity index (χ1n) is 9.22. The number of ether oxygens (including phenoxy) is 1. The van der Waals surface area contributed by atoms with Crippen molar-refractivity contribution in [2.75, 3.05) is 26.0 Å². The van der Waals surface area contributed by atoms with Gasteiger partial charge in [-0.2, -0.15) is 0 Å². The first-order chi connectivity index (χ1) is 14.2. The Labute approximate surface area is 174 Å². The fraction of sp³-hybridized carbons (Fsp3) is 0.238. The molecule has 0 spiro atoms. The molecule has 1 aromatic heterocycles. The average molecular weight is 429 g/mol. The standard InChI is InChI=1S/C21H23N3O5S/c1-14-8-9-16(30(27,28)24(2)3)11-19(14)23-20(25)13-29-21(26)10-15-12-22-18-7-5-4-6-17(15)18/h4-9,11-12,22H,10,13H2,1-3H3,(H,23,25). The number of nitrogens with zero attached hydrogens (tertiary/aromatic N) is 1. The molecule has 0 aliphatic rings. The van der Waals surface area contributed by atoms with Gasteiger partial charge >= 0.3 is 5.97 Å². The minimum atomic E-state index is -3.63. The predicted octanol–water partition coefficient (Wildman–Crippen LogP) is 2.45. The van der Waals surface area contributed by atoms with Crippen LogP contribution >= 0.6 is 0 Å². The molecule has 2 N–H and O–H groups in total. The number of carbonyl (C=O) groups excluding carboxylic acids is 2. The lowest BCUT2D eigenvalue weighted by molar-refractivity contribution is -0.146. The van der Waals surface area contributed by atoms with E-state index in [4.69, 9.17) is 4.74 Å². The summed E-state index contributed by atoms with van der Waals surface area (Å²) in [4.78, 5) is 27.5. The van der Waals surface area contributed by atoms with Crippen LogP contribution in [0.1, 0.15) is 11.1 Å². The summed E-state index contributed by atoms with van der Waals surface area (Å²) in [5, 5.41) is 3.52. The molecular weight excluding hydrogens is 406 g/mol. The molecule has 30 heavy (non-hydrogen) atoms. The summed E-state index contributed by atoms with van der Waals surface area (Å²) in [5.41, 5.74) is 2.73. The topological polar surface area (TPSA) is 109 Å². The van der Waals surface area contributed by atoms with Gasteiger partial charge in [0.15, 0.2) is 6.61 Å². The number of para-hydroxylation sites is 1. The molecule has 0 saturated carbocycles. The Kier molecular flexibility index (Phi) is 6.23. The van der Waals surface area contributed by atoms with Crippen LogP contribution in [0.15, 0.2) is 53.6 Å². The zero-order valence-electron chi connectivity index (χ0n) is 16.9. The molecule has 8 nitrogen and oxygen atoms in total. The van der Waals surface area contributed by atoms with Gasteiger partial charge in [0.1, 0.15) is 0 Å². The third-order valence-electron chi connectivity index (χ3n) is 4.64. The Balaban J connectivity index is 1.61. The number of fused-ring (bicyclic) bond motifs is 1. The van der Waals surface area contributed by atoms with E-state index >= 15 is 0 Å². The van der Waals surface area contributed by atoms with Gasteiger partial charge in [-0.3, -0.25) is 9.59 Å². The lowest BCUT2D eigenvalue weighted by atomic mass is 10.1. The summed E-state index contributed by atoms with van der Waals surface area (Å²) < 4.78 is 30.7. The van der Waals surface area contributed by atoms with E-state index < -0.39 is 28.5 Å². The molecule has 0 fully saturated rings. The monoisotopic (exact) mass is 429 g/mol. The van der Waals surface area contributed by atoms with Crippen molar-refractivity contribution in [1.82, 2.24) is 9.29 Å². The van der Waals surface area contributed by atoms with E-state index in [-0.39, 0.29) is 11.3 Å². The Morgan fingerprint density at radius 3 is 2.60 bits per heavy atom. The molecule has 2 aromatic carbocycles. The van der Waals surface area contributed by atoms with Crippen molar-refractivity contribution in [3.8, 4) is 0 Å². The number of hydrogen-bond acceptors (Lipinski definition) is 5. The second kappa shape index (κ2) is 8.68. The zero-order valence-corrected chi connectivity index (χ0v) is 17.7. The minimum absolute atomic E-state index is 0.0346. The van der Waals surface area contributed by atoms with Crippen LogP contribution in [0.5, 0.6) is 0 Å². The van der Waals surface area contributed by atoms with E-state index in [9.17, 15) is 18.0 Å². The summed E-state index contributed by atoms with van der Waals surface area (Å²) in [6.07, 6.45) is 1.78. The number of sulfonamides is 1. The van der Waals surface area contributed by atoms with Crippen LogP contribution in [0, 0.1) is 6.92 Å².